The molecule has 1 atom stereocenters. The molecule has 0 aromatic carbocycles. The second-order valence-corrected chi connectivity index (χ2v) is 16.9. The van der Waals surface area contributed by atoms with Crippen molar-refractivity contribution >= 4 is 17.9 Å². The number of carbonyl (C=O) groups excluding carboxylic acids is 3. The minimum absolute atomic E-state index is 0.0635. The van der Waals surface area contributed by atoms with Gasteiger partial charge in [0.1, 0.15) is 13.2 Å². The molecule has 0 rings (SSSR count). The van der Waals surface area contributed by atoms with Crippen LogP contribution in [0.4, 0.5) is 0 Å². The largest absolute Gasteiger partial charge is 0.462 e. The van der Waals surface area contributed by atoms with Crippen LogP contribution in [0.25, 0.3) is 0 Å². The molecule has 0 saturated carbocycles. The third kappa shape index (κ3) is 41.6. The van der Waals surface area contributed by atoms with Gasteiger partial charge >= 0.3 is 17.9 Å². The molecule has 0 bridgehead atoms. The SMILES string of the molecule is CCCCCCCCCCCCCCCC(=O)OC[C@@H](COC(=O)CCCCCCCCCCCC)OC(=O)CCCCCCCCCCCCC(C)C. The molecule has 0 unspecified atom stereocenters. The molecular weight excluding hydrogens is 673 g/mol. The molecule has 0 spiro atoms. The Balaban J connectivity index is 4.32. The number of unbranched alkanes of at least 4 members (excludes halogenated alkanes) is 30. The fourth-order valence-electron chi connectivity index (χ4n) is 7.16. The summed E-state index contributed by atoms with van der Waals surface area (Å²) in [5, 5.41) is 0. The highest BCUT2D eigenvalue weighted by Crippen LogP contribution is 2.16. The van der Waals surface area contributed by atoms with Crippen molar-refractivity contribution in [3.05, 3.63) is 0 Å². The first-order valence-corrected chi connectivity index (χ1v) is 23.9. The Labute approximate surface area is 336 Å². The third-order valence-electron chi connectivity index (χ3n) is 10.8. The van der Waals surface area contributed by atoms with Crippen LogP contribution in [0.2, 0.25) is 0 Å². The molecular formula is C48H92O6. The maximum Gasteiger partial charge on any atom is 0.306 e. The molecule has 0 fully saturated rings. The standard InChI is InChI=1S/C48H92O6/c1-5-7-9-11-13-15-17-18-19-24-28-32-36-40-47(50)53-43-45(42-52-46(49)39-35-31-27-23-16-14-12-10-8-6-2)54-48(51)41-37-33-29-25-21-20-22-26-30-34-38-44(3)4/h44-45H,5-43H2,1-4H3/t45-/m1/s1. The summed E-state index contributed by atoms with van der Waals surface area (Å²) < 4.78 is 16.7. The van der Waals surface area contributed by atoms with Crippen LogP contribution >= 0.6 is 0 Å². The normalized spacial score (nSPS) is 11.9. The van der Waals surface area contributed by atoms with Crippen molar-refractivity contribution in [2.45, 2.75) is 271 Å². The van der Waals surface area contributed by atoms with Crippen LogP contribution in [0.15, 0.2) is 0 Å². The highest BCUT2D eigenvalue weighted by atomic mass is 16.6. The van der Waals surface area contributed by atoms with Crippen LogP contribution in [0, 0.1) is 5.92 Å². The predicted molar refractivity (Wildman–Crippen MR) is 229 cm³/mol. The molecule has 6 heteroatoms. The van der Waals surface area contributed by atoms with Crippen molar-refractivity contribution in [1.82, 2.24) is 0 Å². The molecule has 320 valence electrons. The summed E-state index contributed by atoms with van der Waals surface area (Å²) in [6.45, 7) is 8.98. The lowest BCUT2D eigenvalue weighted by Crippen LogP contribution is -2.30. The van der Waals surface area contributed by atoms with Crippen molar-refractivity contribution in [1.29, 1.82) is 0 Å². The van der Waals surface area contributed by atoms with Gasteiger partial charge in [-0.3, -0.25) is 14.4 Å². The molecule has 0 radical (unpaired) electrons. The molecule has 54 heavy (non-hydrogen) atoms. The lowest BCUT2D eigenvalue weighted by Gasteiger charge is -2.18. The predicted octanol–water partition coefficient (Wildman–Crippen LogP) is 15.1. The molecule has 6 nitrogen and oxygen atoms in total. The van der Waals surface area contributed by atoms with E-state index in [1.165, 1.54) is 161 Å². The molecule has 0 aliphatic rings. The Morgan fingerprint density at radius 2 is 0.611 bits per heavy atom. The number of esters is 3. The van der Waals surface area contributed by atoms with Gasteiger partial charge in [0.25, 0.3) is 0 Å². The zero-order chi connectivity index (χ0) is 39.6. The second kappa shape index (κ2) is 42.6. The first kappa shape index (κ1) is 52.4. The van der Waals surface area contributed by atoms with Gasteiger partial charge in [-0.1, -0.05) is 227 Å². The van der Waals surface area contributed by atoms with Crippen molar-refractivity contribution < 1.29 is 28.6 Å². The molecule has 0 aromatic heterocycles. The fraction of sp³-hybridized carbons (Fsp3) is 0.938. The van der Waals surface area contributed by atoms with Crippen LogP contribution in [0.3, 0.4) is 0 Å². The highest BCUT2D eigenvalue weighted by Gasteiger charge is 2.19. The first-order chi connectivity index (χ1) is 26.4. The Morgan fingerprint density at radius 3 is 0.907 bits per heavy atom. The van der Waals surface area contributed by atoms with E-state index in [1.54, 1.807) is 0 Å². The van der Waals surface area contributed by atoms with Crippen LogP contribution in [-0.4, -0.2) is 37.2 Å². The smallest absolute Gasteiger partial charge is 0.306 e. The minimum Gasteiger partial charge on any atom is -0.462 e. The van der Waals surface area contributed by atoms with Crippen molar-refractivity contribution in [2.75, 3.05) is 13.2 Å². The summed E-state index contributed by atoms with van der Waals surface area (Å²) in [6, 6.07) is 0. The van der Waals surface area contributed by atoms with Gasteiger partial charge in [0.15, 0.2) is 6.10 Å². The van der Waals surface area contributed by atoms with E-state index in [0.717, 1.165) is 63.7 Å². The monoisotopic (exact) mass is 765 g/mol. The Bertz CT molecular complexity index is 811. The molecule has 0 aromatic rings. The summed E-state index contributed by atoms with van der Waals surface area (Å²) in [6.07, 6.45) is 42.2. The van der Waals surface area contributed by atoms with Crippen LogP contribution < -0.4 is 0 Å². The summed E-state index contributed by atoms with van der Waals surface area (Å²) in [5.41, 5.74) is 0. The number of carbonyl (C=O) groups is 3. The Kier molecular flexibility index (Phi) is 41.3. The van der Waals surface area contributed by atoms with Gasteiger partial charge in [0.05, 0.1) is 0 Å². The molecule has 0 saturated heterocycles. The van der Waals surface area contributed by atoms with E-state index in [2.05, 4.69) is 27.7 Å². The van der Waals surface area contributed by atoms with E-state index in [-0.39, 0.29) is 31.1 Å². The lowest BCUT2D eigenvalue weighted by atomic mass is 10.0. The average molecular weight is 765 g/mol. The zero-order valence-corrected chi connectivity index (χ0v) is 36.7. The van der Waals surface area contributed by atoms with Crippen LogP contribution in [0.5, 0.6) is 0 Å². The highest BCUT2D eigenvalue weighted by molar-refractivity contribution is 5.71. The van der Waals surface area contributed by atoms with E-state index in [9.17, 15) is 14.4 Å². The van der Waals surface area contributed by atoms with E-state index < -0.39 is 6.10 Å². The number of rotatable bonds is 43. The van der Waals surface area contributed by atoms with E-state index >= 15 is 0 Å². The van der Waals surface area contributed by atoms with Gasteiger partial charge in [-0.25, -0.2) is 0 Å². The van der Waals surface area contributed by atoms with Gasteiger partial charge in [-0.15, -0.1) is 0 Å². The van der Waals surface area contributed by atoms with Crippen LogP contribution in [0.1, 0.15) is 265 Å². The molecule has 0 N–H and O–H groups in total. The summed E-state index contributed by atoms with van der Waals surface area (Å²) in [4.78, 5) is 37.7. The van der Waals surface area contributed by atoms with E-state index in [1.807, 2.05) is 0 Å². The minimum atomic E-state index is -0.759. The maximum absolute atomic E-state index is 12.7. The molecule has 0 aliphatic carbocycles. The van der Waals surface area contributed by atoms with Gasteiger partial charge in [-0.05, 0) is 25.2 Å². The van der Waals surface area contributed by atoms with Gasteiger partial charge in [0.2, 0.25) is 0 Å². The van der Waals surface area contributed by atoms with Gasteiger partial charge in [-0.2, -0.15) is 0 Å². The molecule has 0 amide bonds. The van der Waals surface area contributed by atoms with E-state index in [0.29, 0.717) is 19.3 Å². The average Bonchev–Trinajstić information content (AvgIpc) is 3.15. The van der Waals surface area contributed by atoms with Crippen molar-refractivity contribution in [3.8, 4) is 0 Å². The summed E-state index contributed by atoms with van der Waals surface area (Å²) >= 11 is 0. The molecule has 0 heterocycles. The van der Waals surface area contributed by atoms with Crippen molar-refractivity contribution in [2.24, 2.45) is 5.92 Å². The van der Waals surface area contributed by atoms with Crippen LogP contribution in [-0.2, 0) is 28.6 Å². The summed E-state index contributed by atoms with van der Waals surface area (Å²) in [5.74, 6) is -0.0357. The third-order valence-corrected chi connectivity index (χ3v) is 10.8. The fourth-order valence-corrected chi connectivity index (χ4v) is 7.16. The van der Waals surface area contributed by atoms with E-state index in [4.69, 9.17) is 14.2 Å². The zero-order valence-electron chi connectivity index (χ0n) is 36.7. The lowest BCUT2D eigenvalue weighted by molar-refractivity contribution is -0.167. The summed E-state index contributed by atoms with van der Waals surface area (Å²) in [7, 11) is 0. The number of ether oxygens (including phenoxy) is 3. The first-order valence-electron chi connectivity index (χ1n) is 23.9. The Hall–Kier alpha value is -1.59. The second-order valence-electron chi connectivity index (χ2n) is 16.9. The van der Waals surface area contributed by atoms with Gasteiger partial charge in [0, 0.05) is 19.3 Å². The Morgan fingerprint density at radius 1 is 0.352 bits per heavy atom. The quantitative estimate of drug-likeness (QED) is 0.0349. The maximum atomic E-state index is 12.7. The number of hydrogen-bond donors (Lipinski definition) is 0. The van der Waals surface area contributed by atoms with Gasteiger partial charge < -0.3 is 14.2 Å². The number of hydrogen-bond acceptors (Lipinski definition) is 6. The molecule has 0 aliphatic heterocycles. The van der Waals surface area contributed by atoms with Crippen molar-refractivity contribution in [3.63, 3.8) is 0 Å². The topological polar surface area (TPSA) is 78.9 Å².